The van der Waals surface area contributed by atoms with Crippen molar-refractivity contribution in [2.24, 2.45) is 0 Å². The number of fused-ring (bicyclic) bond motifs is 1. The van der Waals surface area contributed by atoms with Crippen molar-refractivity contribution in [3.05, 3.63) is 36.9 Å². The monoisotopic (exact) mass is 288 g/mol. The van der Waals surface area contributed by atoms with Crippen LogP contribution in [0.5, 0.6) is 0 Å². The number of hydrogen-bond acceptors (Lipinski definition) is 4. The number of amides is 1. The highest BCUT2D eigenvalue weighted by molar-refractivity contribution is 5.67. The molecule has 7 heteroatoms. The van der Waals surface area contributed by atoms with Gasteiger partial charge in [-0.1, -0.05) is 0 Å². The Morgan fingerprint density at radius 2 is 2.38 bits per heavy atom. The molecule has 3 aromatic rings. The molecule has 3 rings (SSSR count). The van der Waals surface area contributed by atoms with Gasteiger partial charge >= 0.3 is 6.09 Å². The second-order valence-electron chi connectivity index (χ2n) is 4.45. The number of nitrogens with one attached hydrogen (secondary N) is 1. The summed E-state index contributed by atoms with van der Waals surface area (Å²) in [7, 11) is 0. The lowest BCUT2D eigenvalue weighted by atomic mass is 10.3. The second-order valence-corrected chi connectivity index (χ2v) is 4.45. The Morgan fingerprint density at radius 1 is 1.48 bits per heavy atom. The Bertz CT molecular complexity index is 727. The molecule has 0 bridgehead atoms. The molecule has 0 saturated carbocycles. The van der Waals surface area contributed by atoms with Crippen molar-refractivity contribution in [1.82, 2.24) is 19.5 Å². The molecule has 1 amide bonds. The van der Waals surface area contributed by atoms with E-state index in [1.807, 2.05) is 35.2 Å². The molecule has 0 atom stereocenters. The van der Waals surface area contributed by atoms with Crippen LogP contribution in [0.2, 0.25) is 0 Å². The Hall–Kier alpha value is -2.70. The third kappa shape index (κ3) is 2.76. The number of alkyl carbamates (subject to hydrolysis) is 1. The summed E-state index contributed by atoms with van der Waals surface area (Å²) < 4.78 is 13.9. The maximum Gasteiger partial charge on any atom is 0.407 e. The highest BCUT2D eigenvalue weighted by Crippen LogP contribution is 2.20. The zero-order chi connectivity index (χ0) is 14.7. The number of nitrogens with zero attached hydrogens (tertiary/aromatic N) is 3. The van der Waals surface area contributed by atoms with Crippen LogP contribution >= 0.6 is 0 Å². The van der Waals surface area contributed by atoms with Gasteiger partial charge in [0, 0.05) is 31.5 Å². The first-order valence-corrected chi connectivity index (χ1v) is 6.77. The normalized spacial score (nSPS) is 10.9. The summed E-state index contributed by atoms with van der Waals surface area (Å²) in [6.07, 6.45) is 5.01. The lowest BCUT2D eigenvalue weighted by Crippen LogP contribution is -2.27. The fraction of sp³-hybridized carbons (Fsp3) is 0.286. The van der Waals surface area contributed by atoms with Crippen molar-refractivity contribution < 1.29 is 13.9 Å². The maximum absolute atomic E-state index is 11.2. The van der Waals surface area contributed by atoms with Gasteiger partial charge < -0.3 is 19.0 Å². The quantitative estimate of drug-likeness (QED) is 0.780. The molecule has 0 radical (unpaired) electrons. The molecule has 0 aliphatic heterocycles. The molecular weight excluding hydrogens is 272 g/mol. The summed E-state index contributed by atoms with van der Waals surface area (Å²) in [5, 5.41) is 7.13. The number of furan rings is 1. The van der Waals surface area contributed by atoms with Gasteiger partial charge in [-0.25, -0.2) is 9.31 Å². The zero-order valence-electron chi connectivity index (χ0n) is 11.7. The van der Waals surface area contributed by atoms with Crippen LogP contribution in [0.3, 0.4) is 0 Å². The van der Waals surface area contributed by atoms with Crippen molar-refractivity contribution in [1.29, 1.82) is 0 Å². The molecular formula is C14H16N4O3. The van der Waals surface area contributed by atoms with Crippen molar-refractivity contribution in [3.8, 4) is 11.5 Å². The lowest BCUT2D eigenvalue weighted by Gasteiger charge is -2.06. The molecule has 21 heavy (non-hydrogen) atoms. The van der Waals surface area contributed by atoms with Crippen LogP contribution in [0.15, 0.2) is 41.3 Å². The smallest absolute Gasteiger partial charge is 0.407 e. The first-order chi connectivity index (χ1) is 10.3. The number of imidazole rings is 1. The lowest BCUT2D eigenvalue weighted by molar-refractivity contribution is 0.152. The van der Waals surface area contributed by atoms with Crippen LogP contribution in [-0.2, 0) is 11.3 Å². The Labute approximate surface area is 121 Å². The second kappa shape index (κ2) is 5.74. The number of hydrogen-bond donors (Lipinski definition) is 1. The van der Waals surface area contributed by atoms with Gasteiger partial charge in [-0.05, 0) is 19.1 Å². The molecule has 1 N–H and O–H groups in total. The van der Waals surface area contributed by atoms with E-state index in [2.05, 4.69) is 10.4 Å². The highest BCUT2D eigenvalue weighted by atomic mass is 16.5. The SMILES string of the molecule is CCOC(=O)NCCn1ccn2nc(-c3ccco3)cc12. The molecule has 3 aromatic heterocycles. The van der Waals surface area contributed by atoms with E-state index in [0.29, 0.717) is 19.7 Å². The average Bonchev–Trinajstić information content (AvgIpc) is 3.15. The molecule has 0 fully saturated rings. The predicted octanol–water partition coefficient (Wildman–Crippen LogP) is 2.14. The summed E-state index contributed by atoms with van der Waals surface area (Å²) in [6.45, 7) is 3.27. The van der Waals surface area contributed by atoms with Gasteiger partial charge in [-0.3, -0.25) is 0 Å². The van der Waals surface area contributed by atoms with Gasteiger partial charge in [0.15, 0.2) is 5.76 Å². The van der Waals surface area contributed by atoms with E-state index in [9.17, 15) is 4.79 Å². The number of aromatic nitrogens is 3. The minimum atomic E-state index is -0.398. The van der Waals surface area contributed by atoms with Crippen LogP contribution in [0.1, 0.15) is 6.92 Å². The van der Waals surface area contributed by atoms with Gasteiger partial charge in [0.25, 0.3) is 0 Å². The van der Waals surface area contributed by atoms with Crippen LogP contribution in [0.4, 0.5) is 4.79 Å². The molecule has 0 aromatic carbocycles. The number of rotatable bonds is 5. The van der Waals surface area contributed by atoms with E-state index in [1.165, 1.54) is 0 Å². The van der Waals surface area contributed by atoms with Crippen molar-refractivity contribution in [2.75, 3.05) is 13.2 Å². The zero-order valence-corrected chi connectivity index (χ0v) is 11.7. The van der Waals surface area contributed by atoms with E-state index >= 15 is 0 Å². The molecule has 0 aliphatic carbocycles. The first kappa shape index (κ1) is 13.3. The molecule has 110 valence electrons. The average molecular weight is 288 g/mol. The van der Waals surface area contributed by atoms with E-state index in [0.717, 1.165) is 17.1 Å². The fourth-order valence-corrected chi connectivity index (χ4v) is 2.12. The van der Waals surface area contributed by atoms with Crippen LogP contribution in [-0.4, -0.2) is 33.4 Å². The minimum Gasteiger partial charge on any atom is -0.463 e. The Balaban J connectivity index is 1.70. The topological polar surface area (TPSA) is 73.7 Å². The van der Waals surface area contributed by atoms with Gasteiger partial charge in [0.2, 0.25) is 0 Å². The summed E-state index contributed by atoms with van der Waals surface area (Å²) in [5.74, 6) is 0.731. The molecule has 0 spiro atoms. The van der Waals surface area contributed by atoms with Gasteiger partial charge in [-0.15, -0.1) is 0 Å². The molecule has 3 heterocycles. The third-order valence-electron chi connectivity index (χ3n) is 3.07. The molecule has 7 nitrogen and oxygen atoms in total. The third-order valence-corrected chi connectivity index (χ3v) is 3.07. The highest BCUT2D eigenvalue weighted by Gasteiger charge is 2.10. The number of carbonyl (C=O) groups excluding carboxylic acids is 1. The summed E-state index contributed by atoms with van der Waals surface area (Å²) >= 11 is 0. The number of ether oxygens (including phenoxy) is 1. The van der Waals surface area contributed by atoms with Crippen molar-refractivity contribution in [2.45, 2.75) is 13.5 Å². The van der Waals surface area contributed by atoms with E-state index in [-0.39, 0.29) is 0 Å². The minimum absolute atomic E-state index is 0.370. The molecule has 0 aliphatic rings. The largest absolute Gasteiger partial charge is 0.463 e. The van der Waals surface area contributed by atoms with E-state index in [4.69, 9.17) is 9.15 Å². The maximum atomic E-state index is 11.2. The van der Waals surface area contributed by atoms with Gasteiger partial charge in [0.05, 0.1) is 12.9 Å². The summed E-state index contributed by atoms with van der Waals surface area (Å²) in [4.78, 5) is 11.2. The fourth-order valence-electron chi connectivity index (χ4n) is 2.12. The predicted molar refractivity (Wildman–Crippen MR) is 75.9 cm³/mol. The summed E-state index contributed by atoms with van der Waals surface area (Å²) in [5.41, 5.74) is 1.72. The van der Waals surface area contributed by atoms with E-state index < -0.39 is 6.09 Å². The van der Waals surface area contributed by atoms with Crippen LogP contribution < -0.4 is 5.32 Å². The first-order valence-electron chi connectivity index (χ1n) is 6.77. The Kier molecular flexibility index (Phi) is 3.63. The van der Waals surface area contributed by atoms with Crippen LogP contribution in [0.25, 0.3) is 17.1 Å². The summed E-state index contributed by atoms with van der Waals surface area (Å²) in [6, 6.07) is 5.65. The van der Waals surface area contributed by atoms with Crippen LogP contribution in [0, 0.1) is 0 Å². The van der Waals surface area contributed by atoms with Gasteiger partial charge in [0.1, 0.15) is 11.3 Å². The molecule has 0 saturated heterocycles. The molecule has 0 unspecified atom stereocenters. The standard InChI is InChI=1S/C14H16N4O3/c1-2-20-14(19)15-5-6-17-7-8-18-13(17)10-11(16-18)12-4-3-9-21-12/h3-4,7-10H,2,5-6H2,1H3,(H,15,19). The van der Waals surface area contributed by atoms with Crippen molar-refractivity contribution in [3.63, 3.8) is 0 Å². The Morgan fingerprint density at radius 3 is 3.14 bits per heavy atom. The number of carbonyl (C=O) groups is 1. The van der Waals surface area contributed by atoms with Gasteiger partial charge in [-0.2, -0.15) is 5.10 Å². The van der Waals surface area contributed by atoms with Crippen molar-refractivity contribution >= 4 is 11.7 Å². The van der Waals surface area contributed by atoms with E-state index in [1.54, 1.807) is 17.7 Å².